The second kappa shape index (κ2) is 4.97. The van der Waals surface area contributed by atoms with Crippen LogP contribution in [0.1, 0.15) is 11.1 Å². The van der Waals surface area contributed by atoms with Crippen LogP contribution < -0.4 is 10.5 Å². The van der Waals surface area contributed by atoms with E-state index in [0.29, 0.717) is 0 Å². The van der Waals surface area contributed by atoms with Crippen molar-refractivity contribution in [3.05, 3.63) is 23.0 Å². The fourth-order valence-electron chi connectivity index (χ4n) is 1.59. The van der Waals surface area contributed by atoms with E-state index in [1.54, 1.807) is 0 Å². The van der Waals surface area contributed by atoms with Gasteiger partial charge >= 0.3 is 6.18 Å². The van der Waals surface area contributed by atoms with Crippen LogP contribution in [-0.2, 0) is 10.0 Å². The molecule has 0 saturated heterocycles. The Kier molecular flexibility index (Phi) is 4.11. The van der Waals surface area contributed by atoms with Crippen molar-refractivity contribution < 1.29 is 26.0 Å². The standard InChI is InChI=1S/C10H12F4N2O2S/c1-5-3-7(11)8(15)6(2)9(5)19(17,18)16-4-10(12,13)14/h3,16H,4,15H2,1-2H3. The Morgan fingerprint density at radius 1 is 1.32 bits per heavy atom. The van der Waals surface area contributed by atoms with E-state index >= 15 is 0 Å². The van der Waals surface area contributed by atoms with Gasteiger partial charge in [-0.25, -0.2) is 17.5 Å². The number of nitrogens with one attached hydrogen (secondary N) is 1. The average Bonchev–Trinajstić information content (AvgIpc) is 2.22. The molecule has 9 heteroatoms. The second-order valence-electron chi connectivity index (χ2n) is 3.98. The van der Waals surface area contributed by atoms with Crippen molar-refractivity contribution >= 4 is 15.7 Å². The Balaban J connectivity index is 3.27. The van der Waals surface area contributed by atoms with Gasteiger partial charge in [0.2, 0.25) is 10.0 Å². The largest absolute Gasteiger partial charge is 0.402 e. The number of rotatable bonds is 3. The summed E-state index contributed by atoms with van der Waals surface area (Å²) in [4.78, 5) is -0.435. The number of anilines is 1. The van der Waals surface area contributed by atoms with E-state index in [9.17, 15) is 26.0 Å². The van der Waals surface area contributed by atoms with Crippen LogP contribution in [0.5, 0.6) is 0 Å². The maximum absolute atomic E-state index is 13.3. The lowest BCUT2D eigenvalue weighted by Crippen LogP contribution is -2.34. The second-order valence-corrected chi connectivity index (χ2v) is 5.69. The highest BCUT2D eigenvalue weighted by molar-refractivity contribution is 7.89. The van der Waals surface area contributed by atoms with E-state index in [1.807, 2.05) is 0 Å². The summed E-state index contributed by atoms with van der Waals surface area (Å²) in [6.07, 6.45) is -4.68. The summed E-state index contributed by atoms with van der Waals surface area (Å²) >= 11 is 0. The molecule has 0 unspecified atom stereocenters. The minimum atomic E-state index is -4.68. The molecule has 0 atom stereocenters. The van der Waals surface area contributed by atoms with Gasteiger partial charge in [0.25, 0.3) is 0 Å². The van der Waals surface area contributed by atoms with Crippen LogP contribution in [0.3, 0.4) is 0 Å². The van der Waals surface area contributed by atoms with Crippen LogP contribution in [0.25, 0.3) is 0 Å². The third-order valence-corrected chi connectivity index (χ3v) is 4.12. The third kappa shape index (κ3) is 3.57. The summed E-state index contributed by atoms with van der Waals surface area (Å²) in [7, 11) is -4.41. The predicted octanol–water partition coefficient (Wildman–Crippen LogP) is 1.87. The summed E-state index contributed by atoms with van der Waals surface area (Å²) in [5, 5.41) is 0. The van der Waals surface area contributed by atoms with Crippen LogP contribution in [0.2, 0.25) is 0 Å². The van der Waals surface area contributed by atoms with Gasteiger partial charge in [0.15, 0.2) is 0 Å². The van der Waals surface area contributed by atoms with Crippen LogP contribution in [-0.4, -0.2) is 21.1 Å². The summed E-state index contributed by atoms with van der Waals surface area (Å²) in [5.74, 6) is -0.815. The Labute approximate surface area is 107 Å². The third-order valence-electron chi connectivity index (χ3n) is 2.43. The van der Waals surface area contributed by atoms with Gasteiger partial charge in [0, 0.05) is 0 Å². The molecular formula is C10H12F4N2O2S. The first-order valence-electron chi connectivity index (χ1n) is 5.07. The van der Waals surface area contributed by atoms with Gasteiger partial charge in [-0.3, -0.25) is 0 Å². The topological polar surface area (TPSA) is 72.2 Å². The number of alkyl halides is 3. The molecule has 0 radical (unpaired) electrons. The molecule has 0 aliphatic heterocycles. The first-order chi connectivity index (χ1) is 8.46. The fraction of sp³-hybridized carbons (Fsp3) is 0.400. The average molecular weight is 300 g/mol. The minimum Gasteiger partial charge on any atom is -0.396 e. The van der Waals surface area contributed by atoms with Gasteiger partial charge in [0.1, 0.15) is 12.4 Å². The lowest BCUT2D eigenvalue weighted by molar-refractivity contribution is -0.121. The fourth-order valence-corrected chi connectivity index (χ4v) is 3.09. The Hall–Kier alpha value is -1.35. The van der Waals surface area contributed by atoms with E-state index in [-0.39, 0.29) is 11.1 Å². The highest BCUT2D eigenvalue weighted by atomic mass is 32.2. The highest BCUT2D eigenvalue weighted by Crippen LogP contribution is 2.27. The Morgan fingerprint density at radius 3 is 2.32 bits per heavy atom. The molecule has 0 aliphatic rings. The molecule has 0 fully saturated rings. The van der Waals surface area contributed by atoms with E-state index in [1.165, 1.54) is 18.6 Å². The van der Waals surface area contributed by atoms with Crippen LogP contribution in [0.15, 0.2) is 11.0 Å². The van der Waals surface area contributed by atoms with Gasteiger partial charge < -0.3 is 5.73 Å². The molecule has 0 bridgehead atoms. The molecule has 108 valence electrons. The van der Waals surface area contributed by atoms with Crippen LogP contribution in [0, 0.1) is 19.7 Å². The monoisotopic (exact) mass is 300 g/mol. The number of nitrogens with two attached hydrogens (primary N) is 1. The zero-order chi connectivity index (χ0) is 15.0. The molecule has 0 amide bonds. The SMILES string of the molecule is Cc1cc(F)c(N)c(C)c1S(=O)(=O)NCC(F)(F)F. The number of hydrogen-bond donors (Lipinski definition) is 2. The quantitative estimate of drug-likeness (QED) is 0.661. The molecular weight excluding hydrogens is 288 g/mol. The smallest absolute Gasteiger partial charge is 0.396 e. The maximum atomic E-state index is 13.3. The van der Waals surface area contributed by atoms with Crippen molar-refractivity contribution in [2.45, 2.75) is 24.9 Å². The number of aryl methyl sites for hydroxylation is 1. The molecule has 0 heterocycles. The summed E-state index contributed by atoms with van der Waals surface area (Å²) in [6.45, 7) is 0.802. The molecule has 1 aromatic carbocycles. The zero-order valence-corrected chi connectivity index (χ0v) is 10.9. The van der Waals surface area contributed by atoms with Crippen molar-refractivity contribution in [2.75, 3.05) is 12.3 Å². The first kappa shape index (κ1) is 15.7. The maximum Gasteiger partial charge on any atom is 0.402 e. The minimum absolute atomic E-state index is 0.0149. The van der Waals surface area contributed by atoms with E-state index < -0.39 is 39.1 Å². The molecule has 1 rings (SSSR count). The predicted molar refractivity (Wildman–Crippen MR) is 61.5 cm³/mol. The van der Waals surface area contributed by atoms with Crippen molar-refractivity contribution in [3.63, 3.8) is 0 Å². The molecule has 0 aliphatic carbocycles. The lowest BCUT2D eigenvalue weighted by atomic mass is 10.1. The molecule has 3 N–H and O–H groups in total. The van der Waals surface area contributed by atoms with Gasteiger partial charge in [-0.05, 0) is 31.0 Å². The van der Waals surface area contributed by atoms with Crippen molar-refractivity contribution in [2.24, 2.45) is 0 Å². The molecule has 1 aromatic rings. The number of sulfonamides is 1. The highest BCUT2D eigenvalue weighted by Gasteiger charge is 2.31. The Morgan fingerprint density at radius 2 is 1.84 bits per heavy atom. The van der Waals surface area contributed by atoms with Gasteiger partial charge in [-0.15, -0.1) is 0 Å². The van der Waals surface area contributed by atoms with Gasteiger partial charge in [-0.2, -0.15) is 13.2 Å². The van der Waals surface area contributed by atoms with Gasteiger partial charge in [-0.1, -0.05) is 0 Å². The van der Waals surface area contributed by atoms with Gasteiger partial charge in [0.05, 0.1) is 10.6 Å². The van der Waals surface area contributed by atoms with E-state index in [0.717, 1.165) is 6.07 Å². The lowest BCUT2D eigenvalue weighted by Gasteiger charge is -2.15. The van der Waals surface area contributed by atoms with Crippen molar-refractivity contribution in [3.8, 4) is 0 Å². The Bertz CT molecular complexity index is 597. The molecule has 0 saturated carbocycles. The summed E-state index contributed by atoms with van der Waals surface area (Å²) in [5.41, 5.74) is 4.80. The molecule has 4 nitrogen and oxygen atoms in total. The molecule has 0 spiro atoms. The number of nitrogen functional groups attached to an aromatic ring is 1. The zero-order valence-electron chi connectivity index (χ0n) is 10.1. The first-order valence-corrected chi connectivity index (χ1v) is 6.55. The molecule has 19 heavy (non-hydrogen) atoms. The number of hydrogen-bond acceptors (Lipinski definition) is 3. The van der Waals surface area contributed by atoms with Crippen molar-refractivity contribution in [1.29, 1.82) is 0 Å². The molecule has 0 aromatic heterocycles. The summed E-state index contributed by atoms with van der Waals surface area (Å²) < 4.78 is 74.4. The summed E-state index contributed by atoms with van der Waals surface area (Å²) in [6, 6.07) is 0.866. The van der Waals surface area contributed by atoms with Crippen LogP contribution >= 0.6 is 0 Å². The van der Waals surface area contributed by atoms with E-state index in [4.69, 9.17) is 5.73 Å². The normalized spacial score (nSPS) is 12.7. The van der Waals surface area contributed by atoms with E-state index in [2.05, 4.69) is 0 Å². The van der Waals surface area contributed by atoms with Crippen molar-refractivity contribution in [1.82, 2.24) is 4.72 Å². The number of benzene rings is 1. The van der Waals surface area contributed by atoms with Crippen LogP contribution in [0.4, 0.5) is 23.2 Å². The number of halogens is 4.